The molecule has 1 amide bonds. The maximum absolute atomic E-state index is 11.5. The van der Waals surface area contributed by atoms with Crippen molar-refractivity contribution in [3.05, 3.63) is 0 Å². The van der Waals surface area contributed by atoms with Crippen LogP contribution in [0.2, 0.25) is 0 Å². The molecule has 1 aliphatic heterocycles. The number of nitrogens with zero attached hydrogens (tertiary/aromatic N) is 2. The van der Waals surface area contributed by atoms with Gasteiger partial charge in [-0.2, -0.15) is 0 Å². The largest absolute Gasteiger partial charge is 0.377 e. The molecule has 0 aromatic rings. The summed E-state index contributed by atoms with van der Waals surface area (Å²) in [6, 6.07) is 0. The van der Waals surface area contributed by atoms with Crippen molar-refractivity contribution >= 4 is 35.8 Å². The smallest absolute Gasteiger partial charge is 0.222 e. The van der Waals surface area contributed by atoms with Gasteiger partial charge in [0, 0.05) is 39.7 Å². The summed E-state index contributed by atoms with van der Waals surface area (Å²) >= 11 is 0. The molecule has 0 aromatic heterocycles. The Bertz CT molecular complexity index is 361. The summed E-state index contributed by atoms with van der Waals surface area (Å²) in [7, 11) is 1.70. The van der Waals surface area contributed by atoms with Gasteiger partial charge in [0.15, 0.2) is 5.96 Å². The molecule has 130 valence electrons. The zero-order valence-electron chi connectivity index (χ0n) is 14.3. The third kappa shape index (κ3) is 8.17. The van der Waals surface area contributed by atoms with E-state index in [-0.39, 0.29) is 35.5 Å². The number of guanidine groups is 1. The lowest BCUT2D eigenvalue weighted by Gasteiger charge is -2.21. The number of carbonyl (C=O) groups is 1. The maximum atomic E-state index is 11.5. The second kappa shape index (κ2) is 11.0. The number of nitrogens with one attached hydrogen (secondary N) is 2. The Labute approximate surface area is 151 Å². The van der Waals surface area contributed by atoms with Gasteiger partial charge in [0.05, 0.1) is 12.1 Å². The third-order valence-electron chi connectivity index (χ3n) is 3.58. The minimum Gasteiger partial charge on any atom is -0.377 e. The monoisotopic (exact) mass is 426 g/mol. The lowest BCUT2D eigenvalue weighted by atomic mass is 10.1. The molecule has 0 bridgehead atoms. The predicted octanol–water partition coefficient (Wildman–Crippen LogP) is 1.60. The highest BCUT2D eigenvalue weighted by Gasteiger charge is 2.19. The van der Waals surface area contributed by atoms with E-state index in [9.17, 15) is 4.79 Å². The molecular formula is C15H31IN4O2. The lowest BCUT2D eigenvalue weighted by Crippen LogP contribution is -2.40. The van der Waals surface area contributed by atoms with Crippen molar-refractivity contribution in [1.29, 1.82) is 0 Å². The van der Waals surface area contributed by atoms with Gasteiger partial charge in [0.2, 0.25) is 5.91 Å². The molecule has 6 nitrogen and oxygen atoms in total. The number of ether oxygens (including phenoxy) is 1. The Kier molecular flexibility index (Phi) is 10.8. The van der Waals surface area contributed by atoms with E-state index in [1.54, 1.807) is 7.11 Å². The molecular weight excluding hydrogens is 395 g/mol. The van der Waals surface area contributed by atoms with Crippen molar-refractivity contribution in [3.63, 3.8) is 0 Å². The summed E-state index contributed by atoms with van der Waals surface area (Å²) < 4.78 is 5.36. The van der Waals surface area contributed by atoms with Gasteiger partial charge in [-0.25, -0.2) is 0 Å². The van der Waals surface area contributed by atoms with Crippen LogP contribution in [0.5, 0.6) is 0 Å². The van der Waals surface area contributed by atoms with E-state index < -0.39 is 0 Å². The first-order chi connectivity index (χ1) is 9.98. The number of hydrogen-bond donors (Lipinski definition) is 2. The van der Waals surface area contributed by atoms with Gasteiger partial charge in [0.1, 0.15) is 0 Å². The third-order valence-corrected chi connectivity index (χ3v) is 3.58. The average Bonchev–Trinajstić information content (AvgIpc) is 2.86. The number of likely N-dealkylation sites (tertiary alicyclic amines) is 1. The van der Waals surface area contributed by atoms with E-state index in [4.69, 9.17) is 4.74 Å². The van der Waals surface area contributed by atoms with Crippen molar-refractivity contribution in [2.24, 2.45) is 4.99 Å². The number of amides is 1. The zero-order chi connectivity index (χ0) is 15.7. The van der Waals surface area contributed by atoms with Crippen LogP contribution in [0.1, 0.15) is 40.0 Å². The van der Waals surface area contributed by atoms with E-state index in [0.717, 1.165) is 45.0 Å². The van der Waals surface area contributed by atoms with Crippen LogP contribution in [0.4, 0.5) is 0 Å². The number of rotatable bonds is 8. The van der Waals surface area contributed by atoms with Gasteiger partial charge in [-0.3, -0.25) is 9.79 Å². The minimum atomic E-state index is -0.260. The molecule has 0 unspecified atom stereocenters. The van der Waals surface area contributed by atoms with Crippen LogP contribution in [0.3, 0.4) is 0 Å². The van der Waals surface area contributed by atoms with Crippen LogP contribution in [0.25, 0.3) is 0 Å². The molecule has 1 aliphatic rings. The molecule has 1 rings (SSSR count). The molecule has 1 fully saturated rings. The fraction of sp³-hybridized carbons (Fsp3) is 0.867. The summed E-state index contributed by atoms with van der Waals surface area (Å²) in [5, 5.41) is 6.52. The highest BCUT2D eigenvalue weighted by Crippen LogP contribution is 2.09. The van der Waals surface area contributed by atoms with Crippen molar-refractivity contribution in [2.45, 2.75) is 45.6 Å². The van der Waals surface area contributed by atoms with Crippen molar-refractivity contribution in [2.75, 3.05) is 39.8 Å². The Morgan fingerprint density at radius 1 is 1.41 bits per heavy atom. The van der Waals surface area contributed by atoms with Crippen LogP contribution in [-0.2, 0) is 9.53 Å². The van der Waals surface area contributed by atoms with E-state index in [2.05, 4.69) is 15.6 Å². The molecule has 2 N–H and O–H groups in total. The molecule has 0 spiro atoms. The minimum absolute atomic E-state index is 0. The Balaban J connectivity index is 0.00000441. The molecule has 0 saturated carbocycles. The second-order valence-electron chi connectivity index (χ2n) is 5.92. The number of carbonyl (C=O) groups excluding carboxylic acids is 1. The van der Waals surface area contributed by atoms with Crippen molar-refractivity contribution in [3.8, 4) is 0 Å². The van der Waals surface area contributed by atoms with E-state index in [1.165, 1.54) is 0 Å². The van der Waals surface area contributed by atoms with Gasteiger partial charge >= 0.3 is 0 Å². The van der Waals surface area contributed by atoms with Crippen LogP contribution in [0, 0.1) is 0 Å². The van der Waals surface area contributed by atoms with Gasteiger partial charge < -0.3 is 20.3 Å². The highest BCUT2D eigenvalue weighted by atomic mass is 127. The fourth-order valence-corrected chi connectivity index (χ4v) is 2.09. The average molecular weight is 426 g/mol. The van der Waals surface area contributed by atoms with Gasteiger partial charge in [-0.05, 0) is 33.6 Å². The summed E-state index contributed by atoms with van der Waals surface area (Å²) in [5.74, 6) is 1.09. The predicted molar refractivity (Wildman–Crippen MR) is 101 cm³/mol. The zero-order valence-corrected chi connectivity index (χ0v) is 16.6. The normalized spacial score (nSPS) is 15.7. The molecule has 0 aromatic carbocycles. The van der Waals surface area contributed by atoms with Gasteiger partial charge in [-0.15, -0.1) is 24.0 Å². The van der Waals surface area contributed by atoms with Crippen LogP contribution in [-0.4, -0.2) is 62.2 Å². The Hall–Kier alpha value is -0.570. The van der Waals surface area contributed by atoms with E-state index in [1.807, 2.05) is 25.7 Å². The SMILES string of the molecule is CCNC(=NCC(C)(C)OC)NCCCN1CCCC1=O.I. The van der Waals surface area contributed by atoms with Crippen LogP contribution >= 0.6 is 24.0 Å². The molecule has 1 heterocycles. The second-order valence-corrected chi connectivity index (χ2v) is 5.92. The topological polar surface area (TPSA) is 66.0 Å². The lowest BCUT2D eigenvalue weighted by molar-refractivity contribution is -0.127. The molecule has 0 atom stereocenters. The quantitative estimate of drug-likeness (QED) is 0.268. The molecule has 22 heavy (non-hydrogen) atoms. The maximum Gasteiger partial charge on any atom is 0.222 e. The molecule has 1 saturated heterocycles. The first kappa shape index (κ1) is 21.4. The Morgan fingerprint density at radius 3 is 2.68 bits per heavy atom. The number of hydrogen-bond acceptors (Lipinski definition) is 3. The standard InChI is InChI=1S/C15H30N4O2.HI/c1-5-16-14(18-12-15(2,3)21-4)17-9-7-11-19-10-6-8-13(19)20;/h5-12H2,1-4H3,(H2,16,17,18);1H. The summed E-state index contributed by atoms with van der Waals surface area (Å²) in [4.78, 5) is 18.0. The van der Waals surface area contributed by atoms with E-state index >= 15 is 0 Å². The van der Waals surface area contributed by atoms with Crippen molar-refractivity contribution in [1.82, 2.24) is 15.5 Å². The van der Waals surface area contributed by atoms with Crippen LogP contribution in [0.15, 0.2) is 4.99 Å². The van der Waals surface area contributed by atoms with Crippen molar-refractivity contribution < 1.29 is 9.53 Å². The molecule has 0 aliphatic carbocycles. The van der Waals surface area contributed by atoms with Crippen LogP contribution < -0.4 is 10.6 Å². The summed E-state index contributed by atoms with van der Waals surface area (Å²) in [6.07, 6.45) is 2.65. The highest BCUT2D eigenvalue weighted by molar-refractivity contribution is 14.0. The number of aliphatic imine (C=N–C) groups is 1. The molecule has 7 heteroatoms. The molecule has 0 radical (unpaired) electrons. The van der Waals surface area contributed by atoms with E-state index in [0.29, 0.717) is 13.0 Å². The number of halogens is 1. The first-order valence-electron chi connectivity index (χ1n) is 7.83. The number of methoxy groups -OCH3 is 1. The van der Waals surface area contributed by atoms with Gasteiger partial charge in [0.25, 0.3) is 0 Å². The summed E-state index contributed by atoms with van der Waals surface area (Å²) in [6.45, 7) is 10.0. The first-order valence-corrected chi connectivity index (χ1v) is 7.83. The Morgan fingerprint density at radius 2 is 2.14 bits per heavy atom. The fourth-order valence-electron chi connectivity index (χ4n) is 2.09. The van der Waals surface area contributed by atoms with Gasteiger partial charge in [-0.1, -0.05) is 0 Å². The summed E-state index contributed by atoms with van der Waals surface area (Å²) in [5.41, 5.74) is -0.260.